The molecule has 0 bridgehead atoms. The minimum absolute atomic E-state index is 0.0148. The Morgan fingerprint density at radius 3 is 2.83 bits per heavy atom. The third-order valence-electron chi connectivity index (χ3n) is 1.28. The van der Waals surface area contributed by atoms with Gasteiger partial charge in [0.25, 0.3) is 0 Å². The molecule has 0 amide bonds. The van der Waals surface area contributed by atoms with E-state index in [1.165, 1.54) is 12.3 Å². The fourth-order valence-electron chi connectivity index (χ4n) is 0.779. The van der Waals surface area contributed by atoms with Crippen LogP contribution in [-0.4, -0.2) is 15.0 Å². The maximum Gasteiger partial charge on any atom is 0.311 e. The van der Waals surface area contributed by atoms with Gasteiger partial charge in [-0.25, -0.2) is 0 Å². The topological polar surface area (TPSA) is 76.3 Å². The van der Waals surface area contributed by atoms with Gasteiger partial charge in [0, 0.05) is 6.20 Å². The van der Waals surface area contributed by atoms with Crippen molar-refractivity contribution in [1.29, 1.82) is 0 Å². The highest BCUT2D eigenvalue weighted by atomic mass is 35.5. The van der Waals surface area contributed by atoms with Crippen LogP contribution in [-0.2, 0) is 6.61 Å². The molecule has 64 valence electrons. The number of aromatic nitrogens is 1. The standard InChI is InChI=1S/C6H5ClN2O3/c7-4-1-2-8-5(3-10)6(4)9(11)12/h1-2,10H,3H2. The average molecular weight is 189 g/mol. The summed E-state index contributed by atoms with van der Waals surface area (Å²) in [5.74, 6) is 0. The van der Waals surface area contributed by atoms with Crippen LogP contribution in [0.1, 0.15) is 5.69 Å². The van der Waals surface area contributed by atoms with Crippen molar-refractivity contribution in [3.05, 3.63) is 33.1 Å². The van der Waals surface area contributed by atoms with E-state index in [1.807, 2.05) is 0 Å². The lowest BCUT2D eigenvalue weighted by Gasteiger charge is -1.98. The van der Waals surface area contributed by atoms with E-state index in [9.17, 15) is 10.1 Å². The Morgan fingerprint density at radius 2 is 2.42 bits per heavy atom. The Hall–Kier alpha value is -1.20. The zero-order chi connectivity index (χ0) is 9.14. The Bertz CT molecular complexity index is 316. The third-order valence-corrected chi connectivity index (χ3v) is 1.59. The summed E-state index contributed by atoms with van der Waals surface area (Å²) in [7, 11) is 0. The molecular formula is C6H5ClN2O3. The van der Waals surface area contributed by atoms with Gasteiger partial charge in [-0.3, -0.25) is 15.1 Å². The molecular weight excluding hydrogens is 184 g/mol. The van der Waals surface area contributed by atoms with Gasteiger partial charge in [0.1, 0.15) is 10.7 Å². The van der Waals surface area contributed by atoms with E-state index < -0.39 is 11.5 Å². The van der Waals surface area contributed by atoms with E-state index in [0.717, 1.165) is 0 Å². The van der Waals surface area contributed by atoms with E-state index in [0.29, 0.717) is 0 Å². The molecule has 1 heterocycles. The fraction of sp³-hybridized carbons (Fsp3) is 0.167. The van der Waals surface area contributed by atoms with Crippen molar-refractivity contribution in [2.45, 2.75) is 6.61 Å². The Kier molecular flexibility index (Phi) is 2.57. The van der Waals surface area contributed by atoms with Gasteiger partial charge in [0.15, 0.2) is 0 Å². The van der Waals surface area contributed by atoms with Crippen LogP contribution in [0.15, 0.2) is 12.3 Å². The molecule has 0 unspecified atom stereocenters. The van der Waals surface area contributed by atoms with Crippen molar-refractivity contribution >= 4 is 17.3 Å². The first-order chi connectivity index (χ1) is 5.66. The maximum absolute atomic E-state index is 10.4. The number of hydrogen-bond acceptors (Lipinski definition) is 4. The predicted molar refractivity (Wildman–Crippen MR) is 41.8 cm³/mol. The van der Waals surface area contributed by atoms with Crippen molar-refractivity contribution in [2.75, 3.05) is 0 Å². The van der Waals surface area contributed by atoms with Crippen LogP contribution in [0.4, 0.5) is 5.69 Å². The molecule has 1 N–H and O–H groups in total. The molecule has 0 saturated heterocycles. The maximum atomic E-state index is 10.4. The molecule has 0 saturated carbocycles. The zero-order valence-corrected chi connectivity index (χ0v) is 6.65. The second kappa shape index (κ2) is 3.46. The molecule has 0 aliphatic heterocycles. The van der Waals surface area contributed by atoms with E-state index in [-0.39, 0.29) is 16.4 Å². The molecule has 5 nitrogen and oxygen atoms in total. The van der Waals surface area contributed by atoms with Gasteiger partial charge in [0.2, 0.25) is 0 Å². The minimum atomic E-state index is -0.666. The minimum Gasteiger partial charge on any atom is -0.390 e. The van der Waals surface area contributed by atoms with Crippen LogP contribution < -0.4 is 0 Å². The van der Waals surface area contributed by atoms with Gasteiger partial charge >= 0.3 is 5.69 Å². The molecule has 0 fully saturated rings. The van der Waals surface area contributed by atoms with Crippen molar-refractivity contribution in [2.24, 2.45) is 0 Å². The van der Waals surface area contributed by atoms with E-state index in [2.05, 4.69) is 4.98 Å². The molecule has 1 aromatic heterocycles. The molecule has 0 aliphatic rings. The number of aliphatic hydroxyl groups excluding tert-OH is 1. The molecule has 0 spiro atoms. The van der Waals surface area contributed by atoms with Gasteiger partial charge in [-0.2, -0.15) is 0 Å². The first-order valence-electron chi connectivity index (χ1n) is 3.05. The second-order valence-electron chi connectivity index (χ2n) is 2.00. The molecule has 6 heteroatoms. The van der Waals surface area contributed by atoms with Crippen LogP contribution >= 0.6 is 11.6 Å². The van der Waals surface area contributed by atoms with E-state index in [4.69, 9.17) is 16.7 Å². The predicted octanol–water partition coefficient (Wildman–Crippen LogP) is 1.14. The summed E-state index contributed by atoms with van der Waals surface area (Å²) >= 11 is 5.51. The summed E-state index contributed by atoms with van der Waals surface area (Å²) in [5, 5.41) is 19.0. The molecule has 0 aliphatic carbocycles. The lowest BCUT2D eigenvalue weighted by atomic mass is 10.3. The van der Waals surface area contributed by atoms with Crippen molar-refractivity contribution < 1.29 is 10.0 Å². The zero-order valence-electron chi connectivity index (χ0n) is 5.90. The van der Waals surface area contributed by atoms with E-state index in [1.54, 1.807) is 0 Å². The number of pyridine rings is 1. The van der Waals surface area contributed by atoms with Crippen LogP contribution in [0.25, 0.3) is 0 Å². The van der Waals surface area contributed by atoms with Gasteiger partial charge in [-0.1, -0.05) is 11.6 Å². The number of rotatable bonds is 2. The van der Waals surface area contributed by atoms with E-state index >= 15 is 0 Å². The summed E-state index contributed by atoms with van der Waals surface area (Å²) in [4.78, 5) is 13.3. The summed E-state index contributed by atoms with van der Waals surface area (Å²) in [6, 6.07) is 1.30. The second-order valence-corrected chi connectivity index (χ2v) is 2.41. The number of nitrogens with zero attached hydrogens (tertiary/aromatic N) is 2. The molecule has 1 aromatic rings. The van der Waals surface area contributed by atoms with Gasteiger partial charge in [0.05, 0.1) is 11.5 Å². The Labute approximate surface area is 72.8 Å². The lowest BCUT2D eigenvalue weighted by Crippen LogP contribution is -1.98. The monoisotopic (exact) mass is 188 g/mol. The summed E-state index contributed by atoms with van der Waals surface area (Å²) in [6.07, 6.45) is 1.31. The lowest BCUT2D eigenvalue weighted by molar-refractivity contribution is -0.386. The first kappa shape index (κ1) is 8.89. The molecule has 0 atom stereocenters. The number of hydrogen-bond donors (Lipinski definition) is 1. The largest absolute Gasteiger partial charge is 0.390 e. The molecule has 1 rings (SSSR count). The van der Waals surface area contributed by atoms with Crippen molar-refractivity contribution in [3.63, 3.8) is 0 Å². The highest BCUT2D eigenvalue weighted by Crippen LogP contribution is 2.25. The highest BCUT2D eigenvalue weighted by molar-refractivity contribution is 6.32. The van der Waals surface area contributed by atoms with Crippen molar-refractivity contribution in [1.82, 2.24) is 4.98 Å². The summed E-state index contributed by atoms with van der Waals surface area (Å²) in [6.45, 7) is -0.489. The fourth-order valence-corrected chi connectivity index (χ4v) is 1.01. The van der Waals surface area contributed by atoms with Gasteiger partial charge in [-0.05, 0) is 6.07 Å². The van der Waals surface area contributed by atoms with Crippen LogP contribution in [0, 0.1) is 10.1 Å². The van der Waals surface area contributed by atoms with Crippen LogP contribution in [0.5, 0.6) is 0 Å². The quantitative estimate of drug-likeness (QED) is 0.558. The number of halogens is 1. The van der Waals surface area contributed by atoms with Gasteiger partial charge < -0.3 is 5.11 Å². The van der Waals surface area contributed by atoms with Gasteiger partial charge in [-0.15, -0.1) is 0 Å². The normalized spacial score (nSPS) is 9.83. The SMILES string of the molecule is O=[N+]([O-])c1c(Cl)ccnc1CO. The number of nitro groups is 1. The number of aliphatic hydroxyl groups is 1. The highest BCUT2D eigenvalue weighted by Gasteiger charge is 2.18. The Morgan fingerprint density at radius 1 is 1.75 bits per heavy atom. The Balaban J connectivity index is 3.29. The average Bonchev–Trinajstić information content (AvgIpc) is 2.03. The smallest absolute Gasteiger partial charge is 0.311 e. The first-order valence-corrected chi connectivity index (χ1v) is 3.43. The third kappa shape index (κ3) is 1.51. The van der Waals surface area contributed by atoms with Crippen molar-refractivity contribution in [3.8, 4) is 0 Å². The molecule has 0 aromatic carbocycles. The summed E-state index contributed by atoms with van der Waals surface area (Å²) in [5.41, 5.74) is -0.353. The summed E-state index contributed by atoms with van der Waals surface area (Å²) < 4.78 is 0. The molecule has 12 heavy (non-hydrogen) atoms. The van der Waals surface area contributed by atoms with Crippen LogP contribution in [0.2, 0.25) is 5.02 Å². The molecule has 0 radical (unpaired) electrons. The van der Waals surface area contributed by atoms with Crippen LogP contribution in [0.3, 0.4) is 0 Å².